The highest BCUT2D eigenvalue weighted by atomic mass is 32.2. The van der Waals surface area contributed by atoms with Gasteiger partial charge in [0, 0.05) is 21.6 Å². The van der Waals surface area contributed by atoms with Crippen LogP contribution in [0.1, 0.15) is 45.4 Å². The van der Waals surface area contributed by atoms with Crippen LogP contribution in [0.4, 0.5) is 5.82 Å². The Balaban J connectivity index is 1.60. The maximum Gasteiger partial charge on any atom is 0.270 e. The van der Waals surface area contributed by atoms with Crippen molar-refractivity contribution >= 4 is 17.6 Å². The molecule has 0 saturated heterocycles. The minimum absolute atomic E-state index is 0.240. The van der Waals surface area contributed by atoms with Gasteiger partial charge in [-0.3, -0.25) is 0 Å². The molecule has 1 unspecified atom stereocenters. The maximum absolute atomic E-state index is 6.05. The lowest BCUT2D eigenvalue weighted by Gasteiger charge is -2.07. The van der Waals surface area contributed by atoms with Crippen LogP contribution in [0.25, 0.3) is 22.8 Å². The minimum Gasteiger partial charge on any atom is -0.419 e. The first-order valence-electron chi connectivity index (χ1n) is 9.38. The third kappa shape index (κ3) is 3.94. The van der Waals surface area contributed by atoms with E-state index in [0.29, 0.717) is 22.7 Å². The smallest absolute Gasteiger partial charge is 0.270 e. The molecular formula is C21H23N5OS. The molecule has 0 aliphatic heterocycles. The quantitative estimate of drug-likeness (QED) is 0.476. The van der Waals surface area contributed by atoms with Crippen LogP contribution in [0, 0.1) is 0 Å². The van der Waals surface area contributed by atoms with E-state index in [1.54, 1.807) is 6.20 Å². The molecule has 1 aliphatic carbocycles. The van der Waals surface area contributed by atoms with Crippen molar-refractivity contribution in [1.29, 1.82) is 0 Å². The summed E-state index contributed by atoms with van der Waals surface area (Å²) in [7, 11) is 0. The average Bonchev–Trinajstić information content (AvgIpc) is 3.31. The zero-order valence-electron chi connectivity index (χ0n) is 16.2. The zero-order valence-corrected chi connectivity index (χ0v) is 17.0. The number of thioether (sulfide) groups is 1. The fraction of sp³-hybridized carbons (Fsp3) is 0.333. The Kier molecular flexibility index (Phi) is 5.17. The number of anilines is 1. The lowest BCUT2D eigenvalue weighted by Crippen LogP contribution is -1.99. The van der Waals surface area contributed by atoms with Gasteiger partial charge >= 0.3 is 0 Å². The van der Waals surface area contributed by atoms with Crippen LogP contribution in [0.15, 0.2) is 51.4 Å². The van der Waals surface area contributed by atoms with E-state index in [2.05, 4.69) is 59.1 Å². The monoisotopic (exact) mass is 393 g/mol. The topological polar surface area (TPSA) is 90.7 Å². The van der Waals surface area contributed by atoms with Crippen molar-refractivity contribution in [3.05, 3.63) is 48.0 Å². The Morgan fingerprint density at radius 3 is 2.64 bits per heavy atom. The van der Waals surface area contributed by atoms with E-state index in [-0.39, 0.29) is 11.7 Å². The van der Waals surface area contributed by atoms with E-state index < -0.39 is 0 Å². The number of nitrogen functional groups attached to an aromatic ring is 1. The molecule has 1 aromatic carbocycles. The van der Waals surface area contributed by atoms with Gasteiger partial charge in [0.15, 0.2) is 11.5 Å². The molecule has 2 heterocycles. The maximum atomic E-state index is 6.05. The molecule has 3 aromatic rings. The molecule has 0 fully saturated rings. The van der Waals surface area contributed by atoms with E-state index in [4.69, 9.17) is 10.2 Å². The number of allylic oxidation sites excluding steroid dienone is 2. The highest BCUT2D eigenvalue weighted by molar-refractivity contribution is 7.99. The van der Waals surface area contributed by atoms with Gasteiger partial charge in [-0.1, -0.05) is 37.6 Å². The van der Waals surface area contributed by atoms with Crippen LogP contribution >= 0.6 is 11.8 Å². The Labute approximate surface area is 168 Å². The molecule has 0 radical (unpaired) electrons. The number of nitrogens with zero attached hydrogens (tertiary/aromatic N) is 4. The summed E-state index contributed by atoms with van der Waals surface area (Å²) in [5, 5.41) is 8.93. The van der Waals surface area contributed by atoms with Crippen molar-refractivity contribution in [2.45, 2.75) is 49.7 Å². The van der Waals surface area contributed by atoms with Crippen LogP contribution in [-0.4, -0.2) is 25.4 Å². The lowest BCUT2D eigenvalue weighted by atomic mass is 10.1. The Hall–Kier alpha value is -2.67. The van der Waals surface area contributed by atoms with Gasteiger partial charge in [0.05, 0.1) is 11.9 Å². The summed E-state index contributed by atoms with van der Waals surface area (Å²) in [6.07, 6.45) is 5.76. The van der Waals surface area contributed by atoms with Crippen molar-refractivity contribution < 1.29 is 4.42 Å². The largest absolute Gasteiger partial charge is 0.419 e. The van der Waals surface area contributed by atoms with Gasteiger partial charge in [0.25, 0.3) is 5.89 Å². The summed E-state index contributed by atoms with van der Waals surface area (Å²) in [5.41, 5.74) is 9.53. The number of benzene rings is 1. The van der Waals surface area contributed by atoms with Crippen LogP contribution in [0.5, 0.6) is 0 Å². The molecule has 0 saturated carbocycles. The number of aromatic nitrogens is 4. The highest BCUT2D eigenvalue weighted by Crippen LogP contribution is 2.34. The molecule has 1 atom stereocenters. The number of nitrogens with two attached hydrogens (primary N) is 1. The summed E-state index contributed by atoms with van der Waals surface area (Å²) >= 11 is 1.83. The van der Waals surface area contributed by atoms with Crippen LogP contribution < -0.4 is 5.73 Å². The fourth-order valence-electron chi connectivity index (χ4n) is 3.25. The molecule has 7 heteroatoms. The standard InChI is InChI=1S/C21H23N5OS/c1-12(2)28-16-8-6-14(7-9-16)17-11-23-19(22)18(24-17)21-26-25-20(27-21)15-5-4-13(3)10-15/h4,6-9,11-12,15H,5,10H2,1-3H3,(H2,22,23). The second-order valence-corrected chi connectivity index (χ2v) is 8.96. The highest BCUT2D eigenvalue weighted by Gasteiger charge is 2.24. The fourth-order valence-corrected chi connectivity index (χ4v) is 4.09. The van der Waals surface area contributed by atoms with E-state index in [0.717, 1.165) is 24.1 Å². The van der Waals surface area contributed by atoms with Gasteiger partial charge in [0.2, 0.25) is 5.89 Å². The van der Waals surface area contributed by atoms with E-state index in [9.17, 15) is 0 Å². The van der Waals surface area contributed by atoms with Crippen LogP contribution in [0.2, 0.25) is 0 Å². The molecule has 6 nitrogen and oxygen atoms in total. The van der Waals surface area contributed by atoms with Gasteiger partial charge in [0.1, 0.15) is 0 Å². The molecule has 144 valence electrons. The van der Waals surface area contributed by atoms with Crippen molar-refractivity contribution in [2.24, 2.45) is 0 Å². The summed E-state index contributed by atoms with van der Waals surface area (Å²) in [6, 6.07) is 8.28. The number of rotatable bonds is 5. The first-order chi connectivity index (χ1) is 13.5. The van der Waals surface area contributed by atoms with Gasteiger partial charge in [-0.25, -0.2) is 9.97 Å². The average molecular weight is 394 g/mol. The molecule has 0 bridgehead atoms. The predicted octanol–water partition coefficient (Wildman–Crippen LogP) is 5.10. The second kappa shape index (κ2) is 7.75. The van der Waals surface area contributed by atoms with Crippen molar-refractivity contribution in [3.8, 4) is 22.8 Å². The van der Waals surface area contributed by atoms with Gasteiger partial charge in [-0.15, -0.1) is 22.0 Å². The molecule has 4 rings (SSSR count). The third-order valence-electron chi connectivity index (χ3n) is 4.63. The normalized spacial score (nSPS) is 16.6. The Morgan fingerprint density at radius 2 is 1.96 bits per heavy atom. The summed E-state index contributed by atoms with van der Waals surface area (Å²) in [5.74, 6) is 1.47. The van der Waals surface area contributed by atoms with Crippen molar-refractivity contribution in [2.75, 3.05) is 5.73 Å². The first kappa shape index (κ1) is 18.7. The number of hydrogen-bond acceptors (Lipinski definition) is 7. The molecule has 0 spiro atoms. The minimum atomic E-state index is 0.240. The molecule has 2 N–H and O–H groups in total. The van der Waals surface area contributed by atoms with E-state index >= 15 is 0 Å². The van der Waals surface area contributed by atoms with Gasteiger partial charge in [-0.05, 0) is 31.9 Å². The van der Waals surface area contributed by atoms with Gasteiger partial charge in [-0.2, -0.15) is 0 Å². The lowest BCUT2D eigenvalue weighted by molar-refractivity contribution is 0.460. The Morgan fingerprint density at radius 1 is 1.18 bits per heavy atom. The SMILES string of the molecule is CC1=CCC(c2nnc(-c3nc(-c4ccc(SC(C)C)cc4)cnc3N)o2)C1. The number of hydrogen-bond donors (Lipinski definition) is 1. The first-order valence-corrected chi connectivity index (χ1v) is 10.3. The molecular weight excluding hydrogens is 370 g/mol. The van der Waals surface area contributed by atoms with Crippen LogP contribution in [0.3, 0.4) is 0 Å². The van der Waals surface area contributed by atoms with Crippen molar-refractivity contribution in [3.63, 3.8) is 0 Å². The van der Waals surface area contributed by atoms with Gasteiger partial charge < -0.3 is 10.2 Å². The van der Waals surface area contributed by atoms with E-state index in [1.807, 2.05) is 23.9 Å². The zero-order chi connectivity index (χ0) is 19.7. The molecule has 0 amide bonds. The third-order valence-corrected chi connectivity index (χ3v) is 5.65. The predicted molar refractivity (Wildman–Crippen MR) is 112 cm³/mol. The molecule has 1 aliphatic rings. The molecule has 2 aromatic heterocycles. The molecule has 28 heavy (non-hydrogen) atoms. The second-order valence-electron chi connectivity index (χ2n) is 7.31. The van der Waals surface area contributed by atoms with Crippen molar-refractivity contribution in [1.82, 2.24) is 20.2 Å². The van der Waals surface area contributed by atoms with E-state index in [1.165, 1.54) is 10.5 Å². The summed E-state index contributed by atoms with van der Waals surface area (Å²) < 4.78 is 5.90. The summed E-state index contributed by atoms with van der Waals surface area (Å²) in [6.45, 7) is 6.48. The Bertz CT molecular complexity index is 1010. The summed E-state index contributed by atoms with van der Waals surface area (Å²) in [4.78, 5) is 10.2. The van der Waals surface area contributed by atoms with Crippen LogP contribution in [-0.2, 0) is 0 Å².